The van der Waals surface area contributed by atoms with Gasteiger partial charge in [0.15, 0.2) is 5.82 Å². The molecule has 124 valence electrons. The number of anilines is 1. The minimum absolute atomic E-state index is 0.253. The Morgan fingerprint density at radius 3 is 2.42 bits per heavy atom. The number of aromatic amines is 1. The fraction of sp³-hybridized carbons (Fsp3) is 0.188. The van der Waals surface area contributed by atoms with E-state index in [-0.39, 0.29) is 11.4 Å². The summed E-state index contributed by atoms with van der Waals surface area (Å²) in [5, 5.41) is 0.328. The van der Waals surface area contributed by atoms with Crippen LogP contribution in [0, 0.1) is 0 Å². The third-order valence-corrected chi connectivity index (χ3v) is 3.55. The first kappa shape index (κ1) is 15.6. The zero-order valence-electron chi connectivity index (χ0n) is 13.4. The van der Waals surface area contributed by atoms with Gasteiger partial charge >= 0.3 is 0 Å². The Hall–Kier alpha value is -3.29. The Kier molecular flexibility index (Phi) is 3.95. The molecule has 2 heterocycles. The van der Waals surface area contributed by atoms with Crippen LogP contribution < -0.4 is 25.5 Å². The molecule has 8 nitrogen and oxygen atoms in total. The molecule has 0 aliphatic rings. The summed E-state index contributed by atoms with van der Waals surface area (Å²) in [6.07, 6.45) is 1.50. The molecule has 0 spiro atoms. The Morgan fingerprint density at radius 1 is 1.04 bits per heavy atom. The van der Waals surface area contributed by atoms with E-state index in [1.54, 1.807) is 18.2 Å². The summed E-state index contributed by atoms with van der Waals surface area (Å²) in [6, 6.07) is 4.88. The molecule has 0 radical (unpaired) electrons. The summed E-state index contributed by atoms with van der Waals surface area (Å²) in [7, 11) is 4.52. The molecule has 0 saturated carbocycles. The number of aromatic nitrogens is 3. The predicted octanol–water partition coefficient (Wildman–Crippen LogP) is 1.59. The van der Waals surface area contributed by atoms with Gasteiger partial charge in [-0.15, -0.1) is 0 Å². The van der Waals surface area contributed by atoms with Gasteiger partial charge in [0.2, 0.25) is 0 Å². The summed E-state index contributed by atoms with van der Waals surface area (Å²) in [6.45, 7) is 0. The monoisotopic (exact) mass is 328 g/mol. The van der Waals surface area contributed by atoms with E-state index in [4.69, 9.17) is 19.9 Å². The highest BCUT2D eigenvalue weighted by Gasteiger charge is 2.15. The SMILES string of the molecule is COc1cnc(-c2nc3cc(OC)cc(OC)c3c(=O)[nH]2)c(N)c1. The lowest BCUT2D eigenvalue weighted by molar-refractivity contribution is 0.397. The fourth-order valence-corrected chi connectivity index (χ4v) is 2.37. The van der Waals surface area contributed by atoms with E-state index in [1.807, 2.05) is 0 Å². The number of nitrogens with one attached hydrogen (secondary N) is 1. The second kappa shape index (κ2) is 6.07. The number of nitrogens with zero attached hydrogens (tertiary/aromatic N) is 2. The quantitative estimate of drug-likeness (QED) is 0.748. The van der Waals surface area contributed by atoms with E-state index >= 15 is 0 Å². The normalized spacial score (nSPS) is 10.6. The molecule has 0 bridgehead atoms. The molecule has 0 aliphatic heterocycles. The van der Waals surface area contributed by atoms with Crippen molar-refractivity contribution in [2.45, 2.75) is 0 Å². The van der Waals surface area contributed by atoms with E-state index in [2.05, 4.69) is 15.0 Å². The van der Waals surface area contributed by atoms with Crippen LogP contribution in [-0.4, -0.2) is 36.3 Å². The number of nitrogen functional groups attached to an aromatic ring is 1. The van der Waals surface area contributed by atoms with Crippen molar-refractivity contribution >= 4 is 16.6 Å². The number of fused-ring (bicyclic) bond motifs is 1. The maximum atomic E-state index is 12.5. The maximum Gasteiger partial charge on any atom is 0.262 e. The molecule has 0 aliphatic carbocycles. The highest BCUT2D eigenvalue weighted by atomic mass is 16.5. The van der Waals surface area contributed by atoms with Crippen LogP contribution in [0.3, 0.4) is 0 Å². The van der Waals surface area contributed by atoms with Crippen molar-refractivity contribution in [3.05, 3.63) is 34.7 Å². The van der Waals surface area contributed by atoms with E-state index in [0.717, 1.165) is 0 Å². The third-order valence-electron chi connectivity index (χ3n) is 3.55. The fourth-order valence-electron chi connectivity index (χ4n) is 2.37. The number of hydrogen-bond donors (Lipinski definition) is 2. The third kappa shape index (κ3) is 2.58. The molecule has 0 atom stereocenters. The van der Waals surface area contributed by atoms with Crippen molar-refractivity contribution < 1.29 is 14.2 Å². The first-order valence-electron chi connectivity index (χ1n) is 7.03. The van der Waals surface area contributed by atoms with Crippen molar-refractivity contribution in [1.29, 1.82) is 0 Å². The van der Waals surface area contributed by atoms with E-state index < -0.39 is 0 Å². The second-order valence-electron chi connectivity index (χ2n) is 4.95. The minimum Gasteiger partial charge on any atom is -0.497 e. The number of pyridine rings is 1. The van der Waals surface area contributed by atoms with Crippen molar-refractivity contribution in [1.82, 2.24) is 15.0 Å². The number of nitrogens with two attached hydrogens (primary N) is 1. The Bertz CT molecular complexity index is 968. The first-order valence-corrected chi connectivity index (χ1v) is 7.03. The van der Waals surface area contributed by atoms with Crippen molar-refractivity contribution in [3.63, 3.8) is 0 Å². The Labute approximate surface area is 137 Å². The molecule has 2 aromatic heterocycles. The van der Waals surface area contributed by atoms with Gasteiger partial charge in [0, 0.05) is 18.2 Å². The topological polar surface area (TPSA) is 112 Å². The van der Waals surface area contributed by atoms with Gasteiger partial charge in [0.25, 0.3) is 5.56 Å². The molecule has 1 aromatic carbocycles. The average molecular weight is 328 g/mol. The van der Waals surface area contributed by atoms with Gasteiger partial charge in [-0.25, -0.2) is 9.97 Å². The van der Waals surface area contributed by atoms with Crippen LogP contribution in [-0.2, 0) is 0 Å². The summed E-state index contributed by atoms with van der Waals surface area (Å²) in [5.74, 6) is 1.67. The minimum atomic E-state index is -0.355. The van der Waals surface area contributed by atoms with Crippen LogP contribution in [0.4, 0.5) is 5.69 Å². The number of methoxy groups -OCH3 is 3. The summed E-state index contributed by atoms with van der Waals surface area (Å²) >= 11 is 0. The number of ether oxygens (including phenoxy) is 3. The van der Waals surface area contributed by atoms with E-state index in [9.17, 15) is 4.79 Å². The molecule has 0 fully saturated rings. The van der Waals surface area contributed by atoms with Gasteiger partial charge in [-0.1, -0.05) is 0 Å². The molecular formula is C16H16N4O4. The maximum absolute atomic E-state index is 12.5. The number of rotatable bonds is 4. The van der Waals surface area contributed by atoms with Gasteiger partial charge in [-0.05, 0) is 0 Å². The highest BCUT2D eigenvalue weighted by molar-refractivity contribution is 5.87. The number of benzene rings is 1. The van der Waals surface area contributed by atoms with Gasteiger partial charge in [-0.2, -0.15) is 0 Å². The second-order valence-corrected chi connectivity index (χ2v) is 4.95. The largest absolute Gasteiger partial charge is 0.497 e. The van der Waals surface area contributed by atoms with Crippen molar-refractivity contribution in [2.75, 3.05) is 27.1 Å². The molecule has 0 saturated heterocycles. The zero-order valence-corrected chi connectivity index (χ0v) is 13.4. The Balaban J connectivity index is 2.26. The summed E-state index contributed by atoms with van der Waals surface area (Å²) in [4.78, 5) is 23.8. The van der Waals surface area contributed by atoms with Gasteiger partial charge in [0.05, 0.1) is 38.7 Å². The lowest BCUT2D eigenvalue weighted by Gasteiger charge is -2.10. The standard InChI is InChI=1S/C16H16N4O4/c1-22-8-5-11-13(12(6-8)24-3)16(21)20-15(19-11)14-10(17)4-9(23-2)7-18-14/h4-7H,17H2,1-3H3,(H,19,20,21). The molecular weight excluding hydrogens is 312 g/mol. The molecule has 0 unspecified atom stereocenters. The van der Waals surface area contributed by atoms with Crippen LogP contribution in [0.15, 0.2) is 29.2 Å². The molecule has 3 N–H and O–H groups in total. The van der Waals surface area contributed by atoms with Crippen LogP contribution in [0.5, 0.6) is 17.2 Å². The summed E-state index contributed by atoms with van der Waals surface area (Å²) < 4.78 is 15.5. The van der Waals surface area contributed by atoms with E-state index in [1.165, 1.54) is 27.5 Å². The predicted molar refractivity (Wildman–Crippen MR) is 89.7 cm³/mol. The highest BCUT2D eigenvalue weighted by Crippen LogP contribution is 2.30. The van der Waals surface area contributed by atoms with Gasteiger partial charge in [-0.3, -0.25) is 4.79 Å². The van der Waals surface area contributed by atoms with Gasteiger partial charge < -0.3 is 24.9 Å². The molecule has 3 aromatic rings. The zero-order chi connectivity index (χ0) is 17.3. The lowest BCUT2D eigenvalue weighted by atomic mass is 10.2. The van der Waals surface area contributed by atoms with Crippen LogP contribution in [0.2, 0.25) is 0 Å². The van der Waals surface area contributed by atoms with Crippen molar-refractivity contribution in [2.24, 2.45) is 0 Å². The number of H-pyrrole nitrogens is 1. The molecule has 0 amide bonds. The Morgan fingerprint density at radius 2 is 1.79 bits per heavy atom. The van der Waals surface area contributed by atoms with Crippen LogP contribution in [0.1, 0.15) is 0 Å². The molecule has 3 rings (SSSR count). The first-order chi connectivity index (χ1) is 11.6. The molecule has 8 heteroatoms. The van der Waals surface area contributed by atoms with Crippen molar-refractivity contribution in [3.8, 4) is 28.8 Å². The smallest absolute Gasteiger partial charge is 0.262 e. The van der Waals surface area contributed by atoms with E-state index in [0.29, 0.717) is 39.5 Å². The average Bonchev–Trinajstić information content (AvgIpc) is 2.60. The lowest BCUT2D eigenvalue weighted by Crippen LogP contribution is -2.12. The molecule has 24 heavy (non-hydrogen) atoms. The number of hydrogen-bond acceptors (Lipinski definition) is 7. The van der Waals surface area contributed by atoms with Crippen LogP contribution in [0.25, 0.3) is 22.4 Å². The summed E-state index contributed by atoms with van der Waals surface area (Å²) in [5.41, 5.74) is 6.74. The van der Waals surface area contributed by atoms with Crippen LogP contribution >= 0.6 is 0 Å². The van der Waals surface area contributed by atoms with Gasteiger partial charge in [0.1, 0.15) is 28.3 Å².